The van der Waals surface area contributed by atoms with Crippen LogP contribution < -0.4 is 10.1 Å². The van der Waals surface area contributed by atoms with Crippen LogP contribution in [0.4, 0.5) is 0 Å². The first-order chi connectivity index (χ1) is 11.6. The number of aromatic nitrogens is 1. The summed E-state index contributed by atoms with van der Waals surface area (Å²) in [7, 11) is 1.64. The molecular weight excluding hydrogens is 343 g/mol. The molecule has 3 aromatic rings. The Bertz CT molecular complexity index is 933. The molecule has 1 aromatic heterocycles. The maximum atomic E-state index is 6.33. The lowest BCUT2D eigenvalue weighted by atomic mass is 9.93. The molecule has 0 fully saturated rings. The van der Waals surface area contributed by atoms with Crippen LogP contribution in [0.2, 0.25) is 10.0 Å². The second kappa shape index (κ2) is 5.99. The summed E-state index contributed by atoms with van der Waals surface area (Å²) in [5, 5.41) is 6.00. The van der Waals surface area contributed by atoms with Gasteiger partial charge in [0, 0.05) is 33.7 Å². The molecule has 2 aromatic carbocycles. The van der Waals surface area contributed by atoms with Crippen LogP contribution in [0, 0.1) is 6.92 Å². The first-order valence-corrected chi connectivity index (χ1v) is 8.71. The largest absolute Gasteiger partial charge is 0.495 e. The molecule has 0 aliphatic carbocycles. The highest BCUT2D eigenvalue weighted by atomic mass is 35.5. The molecule has 2 heterocycles. The smallest absolute Gasteiger partial charge is 0.142 e. The number of halogens is 2. The molecule has 4 rings (SSSR count). The van der Waals surface area contributed by atoms with E-state index in [1.807, 2.05) is 6.07 Å². The van der Waals surface area contributed by atoms with Crippen molar-refractivity contribution in [2.75, 3.05) is 13.7 Å². The van der Waals surface area contributed by atoms with E-state index in [4.69, 9.17) is 27.9 Å². The Morgan fingerprint density at radius 1 is 1.17 bits per heavy atom. The van der Waals surface area contributed by atoms with Crippen molar-refractivity contribution in [3.05, 3.63) is 62.8 Å². The zero-order valence-corrected chi connectivity index (χ0v) is 15.1. The molecule has 24 heavy (non-hydrogen) atoms. The standard InChI is InChI=1S/C19H18Cl2N2O/c1-10-3-4-16-13(7-10)12-5-6-22-17(18(12)23-16)14-8-11(20)9-15(21)19(14)24-2/h3-4,7-9,17,22-23H,5-6H2,1-2H3. The molecular formula is C19H18Cl2N2O. The van der Waals surface area contributed by atoms with E-state index in [0.717, 1.165) is 24.0 Å². The number of rotatable bonds is 2. The van der Waals surface area contributed by atoms with Crippen molar-refractivity contribution in [3.8, 4) is 5.75 Å². The van der Waals surface area contributed by atoms with Gasteiger partial charge in [-0.15, -0.1) is 0 Å². The molecule has 124 valence electrons. The lowest BCUT2D eigenvalue weighted by molar-refractivity contribution is 0.402. The summed E-state index contributed by atoms with van der Waals surface area (Å²) in [5.41, 5.74) is 5.91. The summed E-state index contributed by atoms with van der Waals surface area (Å²) >= 11 is 12.6. The third kappa shape index (κ3) is 2.48. The molecule has 1 aliphatic rings. The predicted octanol–water partition coefficient (Wildman–Crippen LogP) is 5.03. The lowest BCUT2D eigenvalue weighted by Crippen LogP contribution is -2.30. The third-order valence-corrected chi connectivity index (χ3v) is 5.16. The molecule has 2 N–H and O–H groups in total. The van der Waals surface area contributed by atoms with Gasteiger partial charge in [-0.3, -0.25) is 0 Å². The Balaban J connectivity index is 1.93. The van der Waals surface area contributed by atoms with Gasteiger partial charge in [0.05, 0.1) is 18.2 Å². The molecule has 0 radical (unpaired) electrons. The number of benzene rings is 2. The van der Waals surface area contributed by atoms with Gasteiger partial charge in [0.2, 0.25) is 0 Å². The number of ether oxygens (including phenoxy) is 1. The fourth-order valence-corrected chi connectivity index (χ4v) is 4.20. The van der Waals surface area contributed by atoms with Crippen molar-refractivity contribution in [1.29, 1.82) is 0 Å². The van der Waals surface area contributed by atoms with E-state index in [0.29, 0.717) is 15.8 Å². The van der Waals surface area contributed by atoms with Gasteiger partial charge in [-0.2, -0.15) is 0 Å². The van der Waals surface area contributed by atoms with Gasteiger partial charge in [0.1, 0.15) is 5.75 Å². The SMILES string of the molecule is COc1c(Cl)cc(Cl)cc1C1NCCc2c1[nH]c1ccc(C)cc21. The fraction of sp³-hybridized carbons (Fsp3) is 0.263. The fourth-order valence-electron chi connectivity index (χ4n) is 3.62. The first kappa shape index (κ1) is 15.8. The Morgan fingerprint density at radius 3 is 2.79 bits per heavy atom. The van der Waals surface area contributed by atoms with Crippen molar-refractivity contribution >= 4 is 34.1 Å². The summed E-state index contributed by atoms with van der Waals surface area (Å²) in [6.45, 7) is 3.02. The van der Waals surface area contributed by atoms with Crippen LogP contribution in [0.25, 0.3) is 10.9 Å². The number of aromatic amines is 1. The number of fused-ring (bicyclic) bond motifs is 3. The van der Waals surface area contributed by atoms with E-state index in [1.165, 1.54) is 22.2 Å². The first-order valence-electron chi connectivity index (χ1n) is 7.96. The minimum atomic E-state index is -0.0207. The minimum Gasteiger partial charge on any atom is -0.495 e. The van der Waals surface area contributed by atoms with Crippen molar-refractivity contribution in [2.24, 2.45) is 0 Å². The second-order valence-corrected chi connectivity index (χ2v) is 7.06. The lowest BCUT2D eigenvalue weighted by Gasteiger charge is -2.26. The highest BCUT2D eigenvalue weighted by Crippen LogP contribution is 2.41. The number of nitrogens with one attached hydrogen (secondary N) is 2. The van der Waals surface area contributed by atoms with E-state index in [2.05, 4.69) is 35.4 Å². The van der Waals surface area contributed by atoms with E-state index in [1.54, 1.807) is 13.2 Å². The number of hydrogen-bond donors (Lipinski definition) is 2. The molecule has 0 amide bonds. The van der Waals surface area contributed by atoms with Crippen molar-refractivity contribution in [3.63, 3.8) is 0 Å². The molecule has 1 unspecified atom stereocenters. The van der Waals surface area contributed by atoms with Gasteiger partial charge >= 0.3 is 0 Å². The van der Waals surface area contributed by atoms with Gasteiger partial charge < -0.3 is 15.0 Å². The predicted molar refractivity (Wildman–Crippen MR) is 99.6 cm³/mol. The van der Waals surface area contributed by atoms with Crippen LogP contribution in [0.1, 0.15) is 28.4 Å². The number of hydrogen-bond acceptors (Lipinski definition) is 2. The summed E-state index contributed by atoms with van der Waals surface area (Å²) in [6.07, 6.45) is 0.992. The highest BCUT2D eigenvalue weighted by Gasteiger charge is 2.28. The Hall–Kier alpha value is -1.68. The summed E-state index contributed by atoms with van der Waals surface area (Å²) in [6, 6.07) is 10.1. The summed E-state index contributed by atoms with van der Waals surface area (Å²) < 4.78 is 5.55. The number of methoxy groups -OCH3 is 1. The van der Waals surface area contributed by atoms with Gasteiger partial charge in [0.15, 0.2) is 0 Å². The minimum absolute atomic E-state index is 0.0207. The average Bonchev–Trinajstić information content (AvgIpc) is 2.92. The van der Waals surface area contributed by atoms with Crippen LogP contribution in [0.15, 0.2) is 30.3 Å². The monoisotopic (exact) mass is 360 g/mol. The van der Waals surface area contributed by atoms with Crippen LogP contribution >= 0.6 is 23.2 Å². The zero-order valence-electron chi connectivity index (χ0n) is 13.5. The molecule has 1 aliphatic heterocycles. The second-order valence-electron chi connectivity index (χ2n) is 6.21. The molecule has 0 bridgehead atoms. The quantitative estimate of drug-likeness (QED) is 0.672. The normalized spacial score (nSPS) is 17.1. The van der Waals surface area contributed by atoms with Gasteiger partial charge in [-0.1, -0.05) is 34.8 Å². The molecule has 0 spiro atoms. The van der Waals surface area contributed by atoms with Crippen LogP contribution in [-0.2, 0) is 6.42 Å². The average molecular weight is 361 g/mol. The summed E-state index contributed by atoms with van der Waals surface area (Å²) in [5.74, 6) is 0.668. The Kier molecular flexibility index (Phi) is 3.95. The highest BCUT2D eigenvalue weighted by molar-refractivity contribution is 6.35. The molecule has 3 nitrogen and oxygen atoms in total. The Morgan fingerprint density at radius 2 is 2.00 bits per heavy atom. The van der Waals surface area contributed by atoms with E-state index >= 15 is 0 Å². The Labute approximate surface area is 150 Å². The van der Waals surface area contributed by atoms with Crippen LogP contribution in [-0.4, -0.2) is 18.6 Å². The van der Waals surface area contributed by atoms with E-state index in [9.17, 15) is 0 Å². The maximum absolute atomic E-state index is 6.33. The van der Waals surface area contributed by atoms with Crippen LogP contribution in [0.5, 0.6) is 5.75 Å². The molecule has 1 atom stereocenters. The van der Waals surface area contributed by atoms with Gasteiger partial charge in [-0.25, -0.2) is 0 Å². The van der Waals surface area contributed by atoms with E-state index < -0.39 is 0 Å². The third-order valence-electron chi connectivity index (χ3n) is 4.66. The van der Waals surface area contributed by atoms with Crippen molar-refractivity contribution < 1.29 is 4.74 Å². The number of H-pyrrole nitrogens is 1. The molecule has 5 heteroatoms. The maximum Gasteiger partial charge on any atom is 0.142 e. The molecule has 0 saturated heterocycles. The van der Waals surface area contributed by atoms with Gasteiger partial charge in [-0.05, 0) is 43.2 Å². The zero-order chi connectivity index (χ0) is 16.8. The topological polar surface area (TPSA) is 37.0 Å². The van der Waals surface area contributed by atoms with Gasteiger partial charge in [0.25, 0.3) is 0 Å². The van der Waals surface area contributed by atoms with Crippen molar-refractivity contribution in [2.45, 2.75) is 19.4 Å². The van der Waals surface area contributed by atoms with Crippen LogP contribution in [0.3, 0.4) is 0 Å². The van der Waals surface area contributed by atoms with Crippen molar-refractivity contribution in [1.82, 2.24) is 10.3 Å². The summed E-state index contributed by atoms with van der Waals surface area (Å²) in [4.78, 5) is 3.58. The molecule has 0 saturated carbocycles. The number of aryl methyl sites for hydroxylation is 1. The van der Waals surface area contributed by atoms with E-state index in [-0.39, 0.29) is 6.04 Å².